The van der Waals surface area contributed by atoms with E-state index in [0.717, 1.165) is 13.0 Å². The monoisotopic (exact) mass is 115 g/mol. The second-order valence-corrected chi connectivity index (χ2v) is 2.25. The molecule has 0 aliphatic carbocycles. The van der Waals surface area contributed by atoms with E-state index in [0.29, 0.717) is 0 Å². The van der Waals surface area contributed by atoms with Gasteiger partial charge < -0.3 is 11.1 Å². The lowest BCUT2D eigenvalue weighted by molar-refractivity contribution is 0.480. The average Bonchev–Trinajstić information content (AvgIpc) is 1.67. The highest BCUT2D eigenvalue weighted by Gasteiger charge is 2.12. The molecule has 0 aliphatic rings. The molecule has 49 valence electrons. The Balaban J connectivity index is 3.37. The van der Waals surface area contributed by atoms with Crippen molar-refractivity contribution in [3.63, 3.8) is 0 Å². The van der Waals surface area contributed by atoms with Crippen LogP contribution in [-0.2, 0) is 0 Å². The van der Waals surface area contributed by atoms with Crippen molar-refractivity contribution in [1.82, 2.24) is 5.32 Å². The van der Waals surface area contributed by atoms with E-state index in [4.69, 9.17) is 5.73 Å². The van der Waals surface area contributed by atoms with Gasteiger partial charge in [-0.25, -0.2) is 0 Å². The maximum absolute atomic E-state index is 5.65. The first-order valence-corrected chi connectivity index (χ1v) is 2.91. The summed E-state index contributed by atoms with van der Waals surface area (Å²) in [6, 6.07) is 0. The molecule has 0 aromatic rings. The third kappa shape index (κ3) is 2.99. The smallest absolute Gasteiger partial charge is 0.0278 e. The molecule has 0 fully saturated rings. The number of nitrogens with one attached hydrogen (secondary N) is 1. The molecule has 0 aromatic carbocycles. The molecular weight excluding hydrogens is 100 g/mol. The van der Waals surface area contributed by atoms with Crippen molar-refractivity contribution in [3.8, 4) is 0 Å². The topological polar surface area (TPSA) is 38.0 Å². The number of hydrogen-bond donors (Lipinski definition) is 2. The van der Waals surface area contributed by atoms with Crippen molar-refractivity contribution in [2.75, 3.05) is 13.6 Å². The summed E-state index contributed by atoms with van der Waals surface area (Å²) >= 11 is 0. The minimum atomic E-state index is -0.269. The molecule has 3 N–H and O–H groups in total. The molecule has 2 nitrogen and oxygen atoms in total. The predicted octanol–water partition coefficient (Wildman–Crippen LogP) is 0.147. The Bertz CT molecular complexity index is 59.5. The normalized spacial score (nSPS) is 18.0. The average molecular weight is 115 g/mol. The summed E-state index contributed by atoms with van der Waals surface area (Å²) in [6.07, 6.45) is 0.911. The highest BCUT2D eigenvalue weighted by Crippen LogP contribution is 1.99. The fourth-order valence-corrected chi connectivity index (χ4v) is 0.477. The van der Waals surface area contributed by atoms with Crippen LogP contribution in [0.4, 0.5) is 0 Å². The molecule has 0 saturated carbocycles. The summed E-state index contributed by atoms with van der Waals surface area (Å²) in [7, 11) is 1.88. The van der Waals surface area contributed by atoms with Crippen molar-refractivity contribution >= 4 is 0 Å². The fourth-order valence-electron chi connectivity index (χ4n) is 0.477. The van der Waals surface area contributed by atoms with Gasteiger partial charge in [-0.2, -0.15) is 0 Å². The lowest BCUT2D eigenvalue weighted by atomic mass is 10.0. The highest BCUT2D eigenvalue weighted by molar-refractivity contribution is 4.86. The van der Waals surface area contributed by atoms with Gasteiger partial charge in [-0.15, -0.1) is 0 Å². The highest BCUT2D eigenvalue weighted by atomic mass is 14.9. The van der Waals surface area contributed by atoms with E-state index in [1.807, 2.05) is 14.0 Å². The molecule has 1 radical (unpaired) electrons. The standard InChI is InChI=1S/C6H15N2/c1-4-6(2,7)5-8-3/h8H,2,4-5,7H2,1,3H3. The van der Waals surface area contributed by atoms with Crippen LogP contribution in [0.1, 0.15) is 13.3 Å². The summed E-state index contributed by atoms with van der Waals surface area (Å²) in [6.45, 7) is 6.61. The molecular formula is C6H15N2. The molecule has 0 heterocycles. The Morgan fingerprint density at radius 2 is 2.25 bits per heavy atom. The van der Waals surface area contributed by atoms with E-state index in [2.05, 4.69) is 12.2 Å². The zero-order valence-electron chi connectivity index (χ0n) is 5.70. The first-order valence-electron chi connectivity index (χ1n) is 2.91. The minimum absolute atomic E-state index is 0.269. The van der Waals surface area contributed by atoms with Crippen molar-refractivity contribution in [1.29, 1.82) is 0 Å². The second kappa shape index (κ2) is 3.05. The molecule has 0 bridgehead atoms. The molecule has 0 rings (SSSR count). The van der Waals surface area contributed by atoms with E-state index in [-0.39, 0.29) is 5.54 Å². The third-order valence-corrected chi connectivity index (χ3v) is 1.23. The van der Waals surface area contributed by atoms with Crippen LogP contribution >= 0.6 is 0 Å². The van der Waals surface area contributed by atoms with Crippen molar-refractivity contribution in [3.05, 3.63) is 6.92 Å². The van der Waals surface area contributed by atoms with Gasteiger partial charge in [-0.3, -0.25) is 0 Å². The first kappa shape index (κ1) is 7.92. The van der Waals surface area contributed by atoms with Crippen LogP contribution in [0.5, 0.6) is 0 Å². The molecule has 1 unspecified atom stereocenters. The number of rotatable bonds is 3. The van der Waals surface area contributed by atoms with Crippen molar-refractivity contribution in [2.45, 2.75) is 18.9 Å². The number of nitrogens with two attached hydrogens (primary N) is 1. The van der Waals surface area contributed by atoms with Crippen LogP contribution in [0, 0.1) is 6.92 Å². The van der Waals surface area contributed by atoms with E-state index in [9.17, 15) is 0 Å². The Morgan fingerprint density at radius 1 is 1.75 bits per heavy atom. The van der Waals surface area contributed by atoms with Crippen LogP contribution in [0.15, 0.2) is 0 Å². The summed E-state index contributed by atoms with van der Waals surface area (Å²) in [5.41, 5.74) is 5.38. The fraction of sp³-hybridized carbons (Fsp3) is 0.833. The number of likely N-dealkylation sites (N-methyl/N-ethyl adjacent to an activating group) is 1. The van der Waals surface area contributed by atoms with E-state index in [1.54, 1.807) is 0 Å². The Kier molecular flexibility index (Phi) is 3.02. The van der Waals surface area contributed by atoms with Crippen LogP contribution in [0.25, 0.3) is 0 Å². The van der Waals surface area contributed by atoms with Gasteiger partial charge in [0.05, 0.1) is 0 Å². The van der Waals surface area contributed by atoms with Gasteiger partial charge in [0.15, 0.2) is 0 Å². The first-order chi connectivity index (χ1) is 3.62. The maximum Gasteiger partial charge on any atom is 0.0278 e. The Morgan fingerprint density at radius 3 is 2.38 bits per heavy atom. The maximum atomic E-state index is 5.65. The molecule has 8 heavy (non-hydrogen) atoms. The molecule has 0 aliphatic heterocycles. The van der Waals surface area contributed by atoms with E-state index < -0.39 is 0 Å². The van der Waals surface area contributed by atoms with Crippen LogP contribution in [-0.4, -0.2) is 19.1 Å². The van der Waals surface area contributed by atoms with Gasteiger partial charge in [0, 0.05) is 12.1 Å². The van der Waals surface area contributed by atoms with Gasteiger partial charge in [0.2, 0.25) is 0 Å². The van der Waals surface area contributed by atoms with Crippen molar-refractivity contribution in [2.24, 2.45) is 5.73 Å². The summed E-state index contributed by atoms with van der Waals surface area (Å²) in [4.78, 5) is 0. The summed E-state index contributed by atoms with van der Waals surface area (Å²) in [5, 5.41) is 2.97. The van der Waals surface area contributed by atoms with Crippen LogP contribution < -0.4 is 11.1 Å². The zero-order chi connectivity index (χ0) is 6.62. The lowest BCUT2D eigenvalue weighted by Crippen LogP contribution is -2.44. The van der Waals surface area contributed by atoms with Crippen LogP contribution in [0.2, 0.25) is 0 Å². The third-order valence-electron chi connectivity index (χ3n) is 1.23. The van der Waals surface area contributed by atoms with Gasteiger partial charge in [-0.05, 0) is 20.4 Å². The Labute approximate surface area is 51.5 Å². The second-order valence-electron chi connectivity index (χ2n) is 2.25. The molecule has 0 amide bonds. The SMILES string of the molecule is [CH2]C(N)(CC)CNC. The number of hydrogen-bond acceptors (Lipinski definition) is 2. The Hall–Kier alpha value is -0.0800. The molecule has 0 saturated heterocycles. The summed E-state index contributed by atoms with van der Waals surface area (Å²) < 4.78 is 0. The molecule has 2 heteroatoms. The van der Waals surface area contributed by atoms with E-state index >= 15 is 0 Å². The van der Waals surface area contributed by atoms with Gasteiger partial charge in [0.1, 0.15) is 0 Å². The van der Waals surface area contributed by atoms with Gasteiger partial charge in [-0.1, -0.05) is 6.92 Å². The quantitative estimate of drug-likeness (QED) is 0.549. The molecule has 0 aromatic heterocycles. The predicted molar refractivity (Wildman–Crippen MR) is 36.5 cm³/mol. The molecule has 0 spiro atoms. The lowest BCUT2D eigenvalue weighted by Gasteiger charge is -2.21. The zero-order valence-corrected chi connectivity index (χ0v) is 5.70. The molecule has 1 atom stereocenters. The largest absolute Gasteiger partial charge is 0.324 e. The van der Waals surface area contributed by atoms with E-state index in [1.165, 1.54) is 0 Å². The van der Waals surface area contributed by atoms with Gasteiger partial charge in [0.25, 0.3) is 0 Å². The minimum Gasteiger partial charge on any atom is -0.324 e. The van der Waals surface area contributed by atoms with Gasteiger partial charge >= 0.3 is 0 Å². The summed E-state index contributed by atoms with van der Waals surface area (Å²) in [5.74, 6) is 0. The van der Waals surface area contributed by atoms with Crippen LogP contribution in [0.3, 0.4) is 0 Å². The van der Waals surface area contributed by atoms with Crippen molar-refractivity contribution < 1.29 is 0 Å².